The zero-order chi connectivity index (χ0) is 11.0. The van der Waals surface area contributed by atoms with Gasteiger partial charge in [-0.3, -0.25) is 4.79 Å². The molecule has 0 fully saturated rings. The lowest BCUT2D eigenvalue weighted by Crippen LogP contribution is -2.36. The van der Waals surface area contributed by atoms with Crippen LogP contribution in [-0.4, -0.2) is 23.4 Å². The first kappa shape index (κ1) is 13.2. The van der Waals surface area contributed by atoms with Gasteiger partial charge in [-0.15, -0.1) is 0 Å². The summed E-state index contributed by atoms with van der Waals surface area (Å²) in [6.07, 6.45) is 6.96. The topological polar surface area (TPSA) is 20.3 Å². The molecule has 0 atom stereocenters. The normalized spacial score (nSPS) is 11.2. The van der Waals surface area contributed by atoms with Gasteiger partial charge < -0.3 is 4.90 Å². The highest BCUT2D eigenvalue weighted by Gasteiger charge is 2.12. The Balaban J connectivity index is 4.08. The molecule has 82 valence electrons. The van der Waals surface area contributed by atoms with Crippen LogP contribution in [0, 0.1) is 0 Å². The molecule has 0 spiro atoms. The minimum Gasteiger partial charge on any atom is -0.337 e. The SMILES string of the molecule is CC=CC(=O)N(CCCCC)C(C)C. The van der Waals surface area contributed by atoms with Crippen LogP contribution in [0.1, 0.15) is 47.0 Å². The van der Waals surface area contributed by atoms with Gasteiger partial charge >= 0.3 is 0 Å². The van der Waals surface area contributed by atoms with Crippen LogP contribution in [0.15, 0.2) is 12.2 Å². The van der Waals surface area contributed by atoms with Gasteiger partial charge in [0.15, 0.2) is 0 Å². The van der Waals surface area contributed by atoms with E-state index >= 15 is 0 Å². The molecule has 0 aromatic rings. The molecule has 2 heteroatoms. The first-order chi connectivity index (χ1) is 6.63. The van der Waals surface area contributed by atoms with Crippen molar-refractivity contribution >= 4 is 5.91 Å². The van der Waals surface area contributed by atoms with Crippen molar-refractivity contribution in [3.8, 4) is 0 Å². The highest BCUT2D eigenvalue weighted by Crippen LogP contribution is 2.04. The number of amides is 1. The maximum atomic E-state index is 11.6. The van der Waals surface area contributed by atoms with Crippen molar-refractivity contribution in [3.05, 3.63) is 12.2 Å². The maximum absolute atomic E-state index is 11.6. The Morgan fingerprint density at radius 1 is 1.36 bits per heavy atom. The predicted molar refractivity (Wildman–Crippen MR) is 61.2 cm³/mol. The quantitative estimate of drug-likeness (QED) is 0.473. The first-order valence-corrected chi connectivity index (χ1v) is 5.56. The van der Waals surface area contributed by atoms with Gasteiger partial charge in [-0.05, 0) is 33.3 Å². The second-order valence-electron chi connectivity index (χ2n) is 3.83. The second-order valence-corrected chi connectivity index (χ2v) is 3.83. The average Bonchev–Trinajstić information content (AvgIpc) is 2.12. The average molecular weight is 197 g/mol. The molecule has 0 aromatic heterocycles. The highest BCUT2D eigenvalue weighted by molar-refractivity contribution is 5.87. The summed E-state index contributed by atoms with van der Waals surface area (Å²) in [6, 6.07) is 0.301. The number of unbranched alkanes of at least 4 members (excludes halogenated alkanes) is 2. The van der Waals surface area contributed by atoms with Crippen LogP contribution in [0.2, 0.25) is 0 Å². The van der Waals surface area contributed by atoms with E-state index < -0.39 is 0 Å². The molecule has 0 heterocycles. The fraction of sp³-hybridized carbons (Fsp3) is 0.750. The van der Waals surface area contributed by atoms with Crippen LogP contribution in [0.5, 0.6) is 0 Å². The predicted octanol–water partition coefficient (Wildman–Crippen LogP) is 2.99. The van der Waals surface area contributed by atoms with E-state index in [2.05, 4.69) is 20.8 Å². The third-order valence-corrected chi connectivity index (χ3v) is 2.22. The Hall–Kier alpha value is -0.790. The van der Waals surface area contributed by atoms with Gasteiger partial charge in [0.2, 0.25) is 5.91 Å². The molecule has 1 amide bonds. The summed E-state index contributed by atoms with van der Waals surface area (Å²) >= 11 is 0. The van der Waals surface area contributed by atoms with Crippen LogP contribution in [0.25, 0.3) is 0 Å². The molecule has 0 saturated heterocycles. The first-order valence-electron chi connectivity index (χ1n) is 5.56. The summed E-state index contributed by atoms with van der Waals surface area (Å²) in [6.45, 7) is 9.06. The van der Waals surface area contributed by atoms with E-state index in [9.17, 15) is 4.79 Å². The molecule has 0 aromatic carbocycles. The fourth-order valence-corrected chi connectivity index (χ4v) is 1.39. The molecule has 14 heavy (non-hydrogen) atoms. The van der Waals surface area contributed by atoms with Crippen LogP contribution in [-0.2, 0) is 4.79 Å². The van der Waals surface area contributed by atoms with Crippen LogP contribution in [0.3, 0.4) is 0 Å². The van der Waals surface area contributed by atoms with E-state index in [0.717, 1.165) is 13.0 Å². The lowest BCUT2D eigenvalue weighted by Gasteiger charge is -2.25. The van der Waals surface area contributed by atoms with E-state index in [1.165, 1.54) is 12.8 Å². The number of hydrogen-bond donors (Lipinski definition) is 0. The van der Waals surface area contributed by atoms with Crippen molar-refractivity contribution in [1.29, 1.82) is 0 Å². The monoisotopic (exact) mass is 197 g/mol. The van der Waals surface area contributed by atoms with E-state index in [1.54, 1.807) is 12.2 Å². The Morgan fingerprint density at radius 2 is 2.00 bits per heavy atom. The molecular weight excluding hydrogens is 174 g/mol. The van der Waals surface area contributed by atoms with Crippen LogP contribution in [0.4, 0.5) is 0 Å². The molecule has 0 saturated carbocycles. The van der Waals surface area contributed by atoms with Gasteiger partial charge in [-0.1, -0.05) is 25.8 Å². The molecule has 0 radical (unpaired) electrons. The molecule has 0 N–H and O–H groups in total. The fourth-order valence-electron chi connectivity index (χ4n) is 1.39. The number of carbonyl (C=O) groups is 1. The van der Waals surface area contributed by atoms with Crippen LogP contribution < -0.4 is 0 Å². The van der Waals surface area contributed by atoms with Crippen molar-refractivity contribution in [2.24, 2.45) is 0 Å². The lowest BCUT2D eigenvalue weighted by molar-refractivity contribution is -0.127. The summed E-state index contributed by atoms with van der Waals surface area (Å²) in [4.78, 5) is 13.5. The van der Waals surface area contributed by atoms with E-state index in [0.29, 0.717) is 6.04 Å². The van der Waals surface area contributed by atoms with Gasteiger partial charge in [0.25, 0.3) is 0 Å². The summed E-state index contributed by atoms with van der Waals surface area (Å²) in [5, 5.41) is 0. The number of allylic oxidation sites excluding steroid dienone is 1. The summed E-state index contributed by atoms with van der Waals surface area (Å²) < 4.78 is 0. The number of rotatable bonds is 6. The molecule has 0 aliphatic heterocycles. The van der Waals surface area contributed by atoms with E-state index in [4.69, 9.17) is 0 Å². The van der Waals surface area contributed by atoms with Crippen molar-refractivity contribution in [2.75, 3.05) is 6.54 Å². The molecule has 0 rings (SSSR count). The lowest BCUT2D eigenvalue weighted by atomic mass is 10.2. The van der Waals surface area contributed by atoms with Crippen molar-refractivity contribution in [3.63, 3.8) is 0 Å². The maximum Gasteiger partial charge on any atom is 0.246 e. The minimum atomic E-state index is 0.138. The summed E-state index contributed by atoms with van der Waals surface area (Å²) in [5.41, 5.74) is 0. The zero-order valence-electron chi connectivity index (χ0n) is 9.92. The third kappa shape index (κ3) is 5.05. The molecule has 0 unspecified atom stereocenters. The summed E-state index contributed by atoms with van der Waals surface area (Å²) in [5.74, 6) is 0.138. The molecule has 0 aliphatic carbocycles. The smallest absolute Gasteiger partial charge is 0.246 e. The van der Waals surface area contributed by atoms with E-state index in [-0.39, 0.29) is 5.91 Å². The van der Waals surface area contributed by atoms with Gasteiger partial charge in [-0.2, -0.15) is 0 Å². The van der Waals surface area contributed by atoms with Crippen molar-refractivity contribution in [2.45, 2.75) is 53.0 Å². The molecule has 0 bridgehead atoms. The Morgan fingerprint density at radius 3 is 2.43 bits per heavy atom. The minimum absolute atomic E-state index is 0.138. The Kier molecular flexibility index (Phi) is 7.17. The second kappa shape index (κ2) is 7.60. The zero-order valence-corrected chi connectivity index (χ0v) is 9.92. The third-order valence-electron chi connectivity index (χ3n) is 2.22. The number of hydrogen-bond acceptors (Lipinski definition) is 1. The number of nitrogens with zero attached hydrogens (tertiary/aromatic N) is 1. The Labute approximate surface area is 88.0 Å². The van der Waals surface area contributed by atoms with Gasteiger partial charge in [0.1, 0.15) is 0 Å². The standard InChI is InChI=1S/C12H23NO/c1-5-7-8-10-13(11(3)4)12(14)9-6-2/h6,9,11H,5,7-8,10H2,1-4H3. The summed E-state index contributed by atoms with van der Waals surface area (Å²) in [7, 11) is 0. The Bertz CT molecular complexity index is 185. The van der Waals surface area contributed by atoms with Gasteiger partial charge in [-0.25, -0.2) is 0 Å². The van der Waals surface area contributed by atoms with Crippen molar-refractivity contribution < 1.29 is 4.79 Å². The van der Waals surface area contributed by atoms with Gasteiger partial charge in [0, 0.05) is 12.6 Å². The van der Waals surface area contributed by atoms with Crippen molar-refractivity contribution in [1.82, 2.24) is 4.90 Å². The van der Waals surface area contributed by atoms with E-state index in [1.807, 2.05) is 11.8 Å². The largest absolute Gasteiger partial charge is 0.337 e. The number of carbonyl (C=O) groups excluding carboxylic acids is 1. The molecular formula is C12H23NO. The van der Waals surface area contributed by atoms with Gasteiger partial charge in [0.05, 0.1) is 0 Å². The molecule has 0 aliphatic rings. The van der Waals surface area contributed by atoms with Crippen LogP contribution >= 0.6 is 0 Å². The highest BCUT2D eigenvalue weighted by atomic mass is 16.2. The molecule has 2 nitrogen and oxygen atoms in total.